The summed E-state index contributed by atoms with van der Waals surface area (Å²) in [5, 5.41) is 8.96. The number of carboxylic acids is 1. The average Bonchev–Trinajstić information content (AvgIpc) is 2.34. The lowest BCUT2D eigenvalue weighted by Gasteiger charge is -2.23. The molecule has 1 aromatic rings. The summed E-state index contributed by atoms with van der Waals surface area (Å²) in [4.78, 5) is 10.9. The van der Waals surface area contributed by atoms with Crippen molar-refractivity contribution in [2.24, 2.45) is 17.6 Å². The molecule has 0 heterocycles. The van der Waals surface area contributed by atoms with E-state index < -0.39 is 23.5 Å². The number of halogens is 2. The zero-order valence-corrected chi connectivity index (χ0v) is 11.1. The summed E-state index contributed by atoms with van der Waals surface area (Å²) in [7, 11) is 0. The molecule has 0 bridgehead atoms. The first-order chi connectivity index (χ1) is 8.86. The van der Waals surface area contributed by atoms with Crippen molar-refractivity contribution in [3.05, 3.63) is 35.4 Å². The molecule has 0 saturated heterocycles. The second kappa shape index (κ2) is 6.61. The first kappa shape index (κ1) is 15.6. The van der Waals surface area contributed by atoms with Gasteiger partial charge in [-0.2, -0.15) is 0 Å². The van der Waals surface area contributed by atoms with Gasteiger partial charge in [-0.05, 0) is 29.9 Å². The molecule has 3 unspecified atom stereocenters. The highest BCUT2D eigenvalue weighted by Gasteiger charge is 2.24. The van der Waals surface area contributed by atoms with Gasteiger partial charge in [0.25, 0.3) is 0 Å². The Balaban J connectivity index is 2.81. The van der Waals surface area contributed by atoms with E-state index in [1.165, 1.54) is 12.1 Å². The van der Waals surface area contributed by atoms with E-state index in [1.54, 1.807) is 6.92 Å². The van der Waals surface area contributed by atoms with Crippen LogP contribution in [0.1, 0.15) is 31.7 Å². The quantitative estimate of drug-likeness (QED) is 0.836. The molecule has 0 spiro atoms. The smallest absolute Gasteiger partial charge is 0.307 e. The molecule has 5 heteroatoms. The number of rotatable bonds is 6. The van der Waals surface area contributed by atoms with E-state index in [-0.39, 0.29) is 18.4 Å². The molecule has 3 atom stereocenters. The topological polar surface area (TPSA) is 63.3 Å². The third kappa shape index (κ3) is 3.99. The fourth-order valence-corrected chi connectivity index (χ4v) is 2.13. The number of carboxylic acid groups (broad SMARTS) is 1. The molecule has 0 aromatic heterocycles. The number of aliphatic carboxylic acids is 1. The largest absolute Gasteiger partial charge is 0.481 e. The van der Waals surface area contributed by atoms with Crippen molar-refractivity contribution in [2.75, 3.05) is 6.54 Å². The van der Waals surface area contributed by atoms with Crippen molar-refractivity contribution in [1.82, 2.24) is 0 Å². The summed E-state index contributed by atoms with van der Waals surface area (Å²) in [6.45, 7) is 3.70. The maximum atomic E-state index is 13.7. The van der Waals surface area contributed by atoms with E-state index in [9.17, 15) is 13.6 Å². The molecule has 0 aliphatic rings. The summed E-state index contributed by atoms with van der Waals surface area (Å²) in [6.07, 6.45) is 0.365. The van der Waals surface area contributed by atoms with Gasteiger partial charge in [0.05, 0.1) is 5.92 Å². The second-order valence-corrected chi connectivity index (χ2v) is 4.94. The van der Waals surface area contributed by atoms with Gasteiger partial charge in [-0.15, -0.1) is 0 Å². The van der Waals surface area contributed by atoms with Crippen LogP contribution in [-0.2, 0) is 4.79 Å². The average molecular weight is 271 g/mol. The Labute approximate surface area is 111 Å². The zero-order valence-electron chi connectivity index (χ0n) is 11.1. The molecule has 19 heavy (non-hydrogen) atoms. The monoisotopic (exact) mass is 271 g/mol. The number of hydrogen-bond donors (Lipinski definition) is 2. The lowest BCUT2D eigenvalue weighted by atomic mass is 9.82. The molecular formula is C14H19F2NO2. The molecule has 1 rings (SSSR count). The summed E-state index contributed by atoms with van der Waals surface area (Å²) in [5.41, 5.74) is 5.80. The van der Waals surface area contributed by atoms with Crippen LogP contribution in [0.2, 0.25) is 0 Å². The Morgan fingerprint density at radius 1 is 1.37 bits per heavy atom. The van der Waals surface area contributed by atoms with Crippen LogP contribution in [0.3, 0.4) is 0 Å². The van der Waals surface area contributed by atoms with Gasteiger partial charge in [0.15, 0.2) is 0 Å². The van der Waals surface area contributed by atoms with Crippen LogP contribution in [-0.4, -0.2) is 17.6 Å². The van der Waals surface area contributed by atoms with Crippen LogP contribution in [0, 0.1) is 23.5 Å². The van der Waals surface area contributed by atoms with Crippen LogP contribution >= 0.6 is 0 Å². The third-order valence-corrected chi connectivity index (χ3v) is 3.60. The fraction of sp³-hybridized carbons (Fsp3) is 0.500. The number of carbonyl (C=O) groups is 1. The maximum absolute atomic E-state index is 13.7. The Morgan fingerprint density at radius 3 is 2.47 bits per heavy atom. The molecule has 0 fully saturated rings. The Hall–Kier alpha value is -1.49. The van der Waals surface area contributed by atoms with E-state index in [0.717, 1.165) is 6.07 Å². The predicted molar refractivity (Wildman–Crippen MR) is 68.7 cm³/mol. The minimum atomic E-state index is -0.943. The molecule has 106 valence electrons. The molecule has 3 N–H and O–H groups in total. The van der Waals surface area contributed by atoms with Crippen molar-refractivity contribution >= 4 is 5.97 Å². The maximum Gasteiger partial charge on any atom is 0.307 e. The molecule has 0 aliphatic carbocycles. The summed E-state index contributed by atoms with van der Waals surface area (Å²) in [5.74, 6) is -3.06. The van der Waals surface area contributed by atoms with E-state index in [0.29, 0.717) is 12.0 Å². The van der Waals surface area contributed by atoms with Gasteiger partial charge in [0.1, 0.15) is 11.6 Å². The van der Waals surface area contributed by atoms with E-state index in [2.05, 4.69) is 0 Å². The number of hydrogen-bond acceptors (Lipinski definition) is 2. The van der Waals surface area contributed by atoms with Crippen molar-refractivity contribution < 1.29 is 18.7 Å². The summed E-state index contributed by atoms with van der Waals surface area (Å²) >= 11 is 0. The first-order valence-corrected chi connectivity index (χ1v) is 6.24. The predicted octanol–water partition coefficient (Wildman–Crippen LogP) is 2.75. The van der Waals surface area contributed by atoms with Crippen molar-refractivity contribution in [2.45, 2.75) is 26.2 Å². The van der Waals surface area contributed by atoms with E-state index in [4.69, 9.17) is 10.8 Å². The van der Waals surface area contributed by atoms with Gasteiger partial charge < -0.3 is 10.8 Å². The Kier molecular flexibility index (Phi) is 5.42. The standard InChI is InChI=1S/C14H19F2NO2/c1-8(5-10(7-17)14(18)19)9(2)12-4-3-11(15)6-13(12)16/h3-4,6,8-10H,5,7,17H2,1-2H3,(H,18,19). The molecule has 0 amide bonds. The van der Waals surface area contributed by atoms with Crippen LogP contribution in [0.5, 0.6) is 0 Å². The van der Waals surface area contributed by atoms with Gasteiger partial charge >= 0.3 is 5.97 Å². The number of nitrogens with two attached hydrogens (primary N) is 1. The normalized spacial score (nSPS) is 15.8. The Bertz CT molecular complexity index is 451. The highest BCUT2D eigenvalue weighted by molar-refractivity contribution is 5.70. The lowest BCUT2D eigenvalue weighted by molar-refractivity contribution is -0.142. The van der Waals surface area contributed by atoms with Crippen molar-refractivity contribution in [3.8, 4) is 0 Å². The van der Waals surface area contributed by atoms with Gasteiger partial charge in [0.2, 0.25) is 0 Å². The van der Waals surface area contributed by atoms with Crippen LogP contribution < -0.4 is 5.73 Å². The number of benzene rings is 1. The highest BCUT2D eigenvalue weighted by atomic mass is 19.1. The van der Waals surface area contributed by atoms with Gasteiger partial charge in [0, 0.05) is 12.6 Å². The van der Waals surface area contributed by atoms with Gasteiger partial charge in [-0.25, -0.2) is 8.78 Å². The Morgan fingerprint density at radius 2 is 2.00 bits per heavy atom. The lowest BCUT2D eigenvalue weighted by Crippen LogP contribution is -2.26. The van der Waals surface area contributed by atoms with Crippen LogP contribution in [0.4, 0.5) is 8.78 Å². The van der Waals surface area contributed by atoms with E-state index >= 15 is 0 Å². The molecule has 0 aliphatic heterocycles. The van der Waals surface area contributed by atoms with E-state index in [1.807, 2.05) is 6.92 Å². The van der Waals surface area contributed by atoms with Gasteiger partial charge in [-0.3, -0.25) is 4.79 Å². The van der Waals surface area contributed by atoms with Gasteiger partial charge in [-0.1, -0.05) is 19.9 Å². The minimum absolute atomic E-state index is 0.0539. The zero-order chi connectivity index (χ0) is 14.6. The molecule has 0 saturated carbocycles. The van der Waals surface area contributed by atoms with Crippen molar-refractivity contribution in [3.63, 3.8) is 0 Å². The molecule has 1 aromatic carbocycles. The second-order valence-electron chi connectivity index (χ2n) is 4.94. The van der Waals surface area contributed by atoms with Crippen LogP contribution in [0.25, 0.3) is 0 Å². The molecule has 0 radical (unpaired) electrons. The summed E-state index contributed by atoms with van der Waals surface area (Å²) < 4.78 is 26.5. The SMILES string of the molecule is CC(CC(CN)C(=O)O)C(C)c1ccc(F)cc1F. The fourth-order valence-electron chi connectivity index (χ4n) is 2.13. The first-order valence-electron chi connectivity index (χ1n) is 6.24. The highest BCUT2D eigenvalue weighted by Crippen LogP contribution is 2.30. The molecular weight excluding hydrogens is 252 g/mol. The third-order valence-electron chi connectivity index (χ3n) is 3.60. The molecule has 3 nitrogen and oxygen atoms in total. The minimum Gasteiger partial charge on any atom is -0.481 e. The van der Waals surface area contributed by atoms with Crippen molar-refractivity contribution in [1.29, 1.82) is 0 Å². The van der Waals surface area contributed by atoms with Crippen LogP contribution in [0.15, 0.2) is 18.2 Å². The summed E-state index contributed by atoms with van der Waals surface area (Å²) in [6, 6.07) is 3.46.